The van der Waals surface area contributed by atoms with Crippen LogP contribution in [0, 0.1) is 13.8 Å². The lowest BCUT2D eigenvalue weighted by atomic mass is 9.94. The van der Waals surface area contributed by atoms with Crippen LogP contribution in [0.5, 0.6) is 11.5 Å². The SMILES string of the molecule is Cc1cc(C2CC(=O)c3cc(Cl)ccc3O2)cc(C)c1O. The molecule has 2 aromatic carbocycles. The molecule has 0 fully saturated rings. The van der Waals surface area contributed by atoms with Gasteiger partial charge in [-0.25, -0.2) is 0 Å². The minimum atomic E-state index is -0.329. The van der Waals surface area contributed by atoms with E-state index in [1.54, 1.807) is 18.2 Å². The van der Waals surface area contributed by atoms with E-state index in [1.165, 1.54) is 0 Å². The quantitative estimate of drug-likeness (QED) is 0.851. The lowest BCUT2D eigenvalue weighted by molar-refractivity contribution is 0.0850. The maximum absolute atomic E-state index is 12.3. The number of phenols is 1. The second-order valence-corrected chi connectivity index (χ2v) is 5.81. The zero-order valence-electron chi connectivity index (χ0n) is 11.8. The average molecular weight is 303 g/mol. The van der Waals surface area contributed by atoms with Crippen molar-refractivity contribution in [1.82, 2.24) is 0 Å². The van der Waals surface area contributed by atoms with E-state index in [0.717, 1.165) is 16.7 Å². The first-order valence-electron chi connectivity index (χ1n) is 6.75. The van der Waals surface area contributed by atoms with Crippen molar-refractivity contribution in [1.29, 1.82) is 0 Å². The van der Waals surface area contributed by atoms with Gasteiger partial charge in [0.05, 0.1) is 12.0 Å². The molecule has 1 heterocycles. The molecule has 1 N–H and O–H groups in total. The van der Waals surface area contributed by atoms with Crippen molar-refractivity contribution in [2.45, 2.75) is 26.4 Å². The summed E-state index contributed by atoms with van der Waals surface area (Å²) in [7, 11) is 0. The van der Waals surface area contributed by atoms with Crippen molar-refractivity contribution < 1.29 is 14.6 Å². The Hall–Kier alpha value is -2.00. The highest BCUT2D eigenvalue weighted by Gasteiger charge is 2.28. The number of ether oxygens (including phenoxy) is 1. The van der Waals surface area contributed by atoms with Crippen LogP contribution in [-0.2, 0) is 0 Å². The molecule has 0 aromatic heterocycles. The maximum atomic E-state index is 12.3. The lowest BCUT2D eigenvalue weighted by Gasteiger charge is -2.26. The molecule has 0 saturated heterocycles. The van der Waals surface area contributed by atoms with Gasteiger partial charge in [-0.2, -0.15) is 0 Å². The predicted octanol–water partition coefficient (Wildman–Crippen LogP) is 4.37. The van der Waals surface area contributed by atoms with Crippen LogP contribution in [0.1, 0.15) is 39.6 Å². The number of ketones is 1. The second kappa shape index (κ2) is 5.08. The van der Waals surface area contributed by atoms with Gasteiger partial charge in [-0.15, -0.1) is 0 Å². The number of rotatable bonds is 1. The van der Waals surface area contributed by atoms with E-state index < -0.39 is 0 Å². The van der Waals surface area contributed by atoms with Crippen molar-refractivity contribution in [3.05, 3.63) is 57.6 Å². The third-order valence-corrected chi connectivity index (χ3v) is 4.00. The fourth-order valence-corrected chi connectivity index (χ4v) is 2.83. The number of hydrogen-bond donors (Lipinski definition) is 1. The summed E-state index contributed by atoms with van der Waals surface area (Å²) in [6.45, 7) is 3.68. The molecule has 0 spiro atoms. The first-order valence-corrected chi connectivity index (χ1v) is 7.13. The Bertz CT molecular complexity index is 714. The van der Waals surface area contributed by atoms with Crippen LogP contribution in [0.4, 0.5) is 0 Å². The normalized spacial score (nSPS) is 17.3. The van der Waals surface area contributed by atoms with Crippen LogP contribution < -0.4 is 4.74 Å². The molecule has 108 valence electrons. The Balaban J connectivity index is 2.00. The third-order valence-electron chi connectivity index (χ3n) is 3.77. The Morgan fingerprint density at radius 1 is 1.19 bits per heavy atom. The van der Waals surface area contributed by atoms with Crippen LogP contribution >= 0.6 is 11.6 Å². The molecule has 0 saturated carbocycles. The van der Waals surface area contributed by atoms with Gasteiger partial charge >= 0.3 is 0 Å². The first-order chi connectivity index (χ1) is 9.95. The van der Waals surface area contributed by atoms with Crippen molar-refractivity contribution in [3.8, 4) is 11.5 Å². The number of aryl methyl sites for hydroxylation is 2. The second-order valence-electron chi connectivity index (χ2n) is 5.38. The van der Waals surface area contributed by atoms with Crippen LogP contribution in [0.2, 0.25) is 5.02 Å². The number of Topliss-reactive ketones (excluding diaryl/α,β-unsaturated/α-hetero) is 1. The third kappa shape index (κ3) is 2.49. The summed E-state index contributed by atoms with van der Waals surface area (Å²) in [5.74, 6) is 0.865. The summed E-state index contributed by atoms with van der Waals surface area (Å²) in [4.78, 5) is 12.3. The van der Waals surface area contributed by atoms with E-state index in [-0.39, 0.29) is 24.1 Å². The molecule has 4 heteroatoms. The Kier molecular flexibility index (Phi) is 3.38. The molecular weight excluding hydrogens is 288 g/mol. The molecule has 0 amide bonds. The summed E-state index contributed by atoms with van der Waals surface area (Å²) in [6.07, 6.45) is -0.0547. The van der Waals surface area contributed by atoms with Gasteiger partial charge in [-0.3, -0.25) is 4.79 Å². The molecule has 0 radical (unpaired) electrons. The number of carbonyl (C=O) groups is 1. The highest BCUT2D eigenvalue weighted by atomic mass is 35.5. The zero-order valence-corrected chi connectivity index (χ0v) is 12.6. The molecule has 3 rings (SSSR count). The molecule has 1 aliphatic rings. The summed E-state index contributed by atoms with van der Waals surface area (Å²) in [6, 6.07) is 8.80. The molecule has 0 bridgehead atoms. The average Bonchev–Trinajstić information content (AvgIpc) is 2.44. The van der Waals surface area contributed by atoms with Crippen molar-refractivity contribution in [2.24, 2.45) is 0 Å². The topological polar surface area (TPSA) is 46.5 Å². The minimum absolute atomic E-state index is 0.0205. The molecule has 21 heavy (non-hydrogen) atoms. The summed E-state index contributed by atoms with van der Waals surface area (Å²) in [5, 5.41) is 10.4. The monoisotopic (exact) mass is 302 g/mol. The number of hydrogen-bond acceptors (Lipinski definition) is 3. The van der Waals surface area contributed by atoms with Gasteiger partial charge in [0.1, 0.15) is 17.6 Å². The maximum Gasteiger partial charge on any atom is 0.170 e. The Labute approximate surface area is 128 Å². The number of fused-ring (bicyclic) bond motifs is 1. The number of benzene rings is 2. The number of phenolic OH excluding ortho intramolecular Hbond substituents is 1. The van der Waals surface area contributed by atoms with Gasteiger partial charge in [-0.05, 0) is 60.9 Å². The van der Waals surface area contributed by atoms with Gasteiger partial charge in [0, 0.05) is 5.02 Å². The van der Waals surface area contributed by atoms with Crippen molar-refractivity contribution in [2.75, 3.05) is 0 Å². The van der Waals surface area contributed by atoms with Crippen LogP contribution in [-0.4, -0.2) is 10.9 Å². The van der Waals surface area contributed by atoms with Gasteiger partial charge < -0.3 is 9.84 Å². The minimum Gasteiger partial charge on any atom is -0.507 e. The summed E-state index contributed by atoms with van der Waals surface area (Å²) in [5.41, 5.74) is 2.99. The lowest BCUT2D eigenvalue weighted by Crippen LogP contribution is -2.20. The summed E-state index contributed by atoms with van der Waals surface area (Å²) < 4.78 is 5.93. The molecule has 2 aromatic rings. The van der Waals surface area contributed by atoms with E-state index in [9.17, 15) is 9.90 Å². The fourth-order valence-electron chi connectivity index (χ4n) is 2.66. The number of halogens is 1. The molecule has 1 atom stereocenters. The van der Waals surface area contributed by atoms with Gasteiger partial charge in [-0.1, -0.05) is 11.6 Å². The molecule has 0 aliphatic carbocycles. The van der Waals surface area contributed by atoms with Gasteiger partial charge in [0.25, 0.3) is 0 Å². The predicted molar refractivity (Wildman–Crippen MR) is 81.3 cm³/mol. The molecule has 1 aliphatic heterocycles. The molecular formula is C17H15ClO3. The molecule has 1 unspecified atom stereocenters. The van der Waals surface area contributed by atoms with Crippen LogP contribution in [0.25, 0.3) is 0 Å². The highest BCUT2D eigenvalue weighted by Crippen LogP contribution is 2.37. The van der Waals surface area contributed by atoms with E-state index in [0.29, 0.717) is 16.3 Å². The van der Waals surface area contributed by atoms with E-state index in [4.69, 9.17) is 16.3 Å². The summed E-state index contributed by atoms with van der Waals surface area (Å²) >= 11 is 5.92. The standard InChI is InChI=1S/C17H15ClO3/c1-9-5-11(6-10(2)17(9)20)16-8-14(19)13-7-12(18)3-4-15(13)21-16/h3-7,16,20H,8H2,1-2H3. The number of carbonyl (C=O) groups excluding carboxylic acids is 1. The van der Waals surface area contributed by atoms with Gasteiger partial charge in [0.15, 0.2) is 5.78 Å². The van der Waals surface area contributed by atoms with E-state index in [1.807, 2.05) is 26.0 Å². The van der Waals surface area contributed by atoms with Crippen molar-refractivity contribution in [3.63, 3.8) is 0 Å². The van der Waals surface area contributed by atoms with E-state index in [2.05, 4.69) is 0 Å². The first kappa shape index (κ1) is 14.0. The Morgan fingerprint density at radius 2 is 1.86 bits per heavy atom. The molecule has 3 nitrogen and oxygen atoms in total. The van der Waals surface area contributed by atoms with Crippen LogP contribution in [0.3, 0.4) is 0 Å². The zero-order chi connectivity index (χ0) is 15.1. The van der Waals surface area contributed by atoms with Crippen LogP contribution in [0.15, 0.2) is 30.3 Å². The highest BCUT2D eigenvalue weighted by molar-refractivity contribution is 6.31. The van der Waals surface area contributed by atoms with E-state index >= 15 is 0 Å². The van der Waals surface area contributed by atoms with Crippen molar-refractivity contribution >= 4 is 17.4 Å². The Morgan fingerprint density at radius 3 is 2.52 bits per heavy atom. The van der Waals surface area contributed by atoms with Gasteiger partial charge in [0.2, 0.25) is 0 Å². The number of aromatic hydroxyl groups is 1. The fraction of sp³-hybridized carbons (Fsp3) is 0.235. The largest absolute Gasteiger partial charge is 0.507 e. The smallest absolute Gasteiger partial charge is 0.170 e.